The van der Waals surface area contributed by atoms with E-state index >= 15 is 0 Å². The van der Waals surface area contributed by atoms with E-state index in [9.17, 15) is 0 Å². The minimum Gasteiger partial charge on any atom is -0.494 e. The van der Waals surface area contributed by atoms with E-state index in [0.29, 0.717) is 18.1 Å². The zero-order chi connectivity index (χ0) is 22.7. The highest BCUT2D eigenvalue weighted by molar-refractivity contribution is 6.32. The fraction of sp³-hybridized carbons (Fsp3) is 0.269. The predicted octanol–water partition coefficient (Wildman–Crippen LogP) is 6.46. The molecule has 0 fully saturated rings. The minimum absolute atomic E-state index is 0.596. The van der Waals surface area contributed by atoms with Crippen molar-refractivity contribution in [3.8, 4) is 28.6 Å². The van der Waals surface area contributed by atoms with Gasteiger partial charge in [0, 0.05) is 17.1 Å². The van der Waals surface area contributed by atoms with Gasteiger partial charge in [-0.05, 0) is 73.9 Å². The Morgan fingerprint density at radius 1 is 0.906 bits per heavy atom. The van der Waals surface area contributed by atoms with Gasteiger partial charge >= 0.3 is 0 Å². The van der Waals surface area contributed by atoms with Gasteiger partial charge in [0.15, 0.2) is 11.5 Å². The van der Waals surface area contributed by atoms with Crippen LogP contribution in [0.1, 0.15) is 17.5 Å². The maximum Gasteiger partial charge on any atom is 0.161 e. The molecule has 3 aromatic carbocycles. The van der Waals surface area contributed by atoms with Crippen molar-refractivity contribution >= 4 is 22.6 Å². The summed E-state index contributed by atoms with van der Waals surface area (Å²) in [4.78, 5) is 4.89. The van der Waals surface area contributed by atoms with E-state index in [1.165, 1.54) is 0 Å². The summed E-state index contributed by atoms with van der Waals surface area (Å²) >= 11 is 6.27. The Morgan fingerprint density at radius 2 is 1.62 bits per heavy atom. The number of nitrogens with zero attached hydrogens (tertiary/aromatic N) is 2. The van der Waals surface area contributed by atoms with Crippen molar-refractivity contribution in [2.45, 2.75) is 26.8 Å². The number of ether oxygens (including phenoxy) is 3. The molecule has 0 unspecified atom stereocenters. The Morgan fingerprint density at radius 3 is 2.34 bits per heavy atom. The van der Waals surface area contributed by atoms with Crippen molar-refractivity contribution < 1.29 is 14.2 Å². The number of hydrogen-bond acceptors (Lipinski definition) is 4. The maximum absolute atomic E-state index is 6.27. The Bertz CT molecular complexity index is 1230. The van der Waals surface area contributed by atoms with Gasteiger partial charge in [-0.2, -0.15) is 0 Å². The van der Waals surface area contributed by atoms with Gasteiger partial charge in [-0.15, -0.1) is 0 Å². The quantitative estimate of drug-likeness (QED) is 0.289. The largest absolute Gasteiger partial charge is 0.494 e. The van der Waals surface area contributed by atoms with E-state index in [1.807, 2.05) is 62.4 Å². The lowest BCUT2D eigenvalue weighted by Gasteiger charge is -2.13. The highest BCUT2D eigenvalue weighted by Crippen LogP contribution is 2.33. The van der Waals surface area contributed by atoms with E-state index in [1.54, 1.807) is 14.2 Å². The number of imidazole rings is 1. The van der Waals surface area contributed by atoms with Gasteiger partial charge in [-0.25, -0.2) is 4.98 Å². The third-order valence-electron chi connectivity index (χ3n) is 5.50. The van der Waals surface area contributed by atoms with Crippen molar-refractivity contribution in [2.75, 3.05) is 20.8 Å². The molecule has 0 aliphatic carbocycles. The van der Waals surface area contributed by atoms with E-state index < -0.39 is 0 Å². The molecular weight excluding hydrogens is 424 g/mol. The van der Waals surface area contributed by atoms with Crippen LogP contribution < -0.4 is 14.2 Å². The summed E-state index contributed by atoms with van der Waals surface area (Å²) in [6, 6.07) is 18.0. The van der Waals surface area contributed by atoms with Crippen LogP contribution in [0.2, 0.25) is 5.02 Å². The average molecular weight is 451 g/mol. The normalized spacial score (nSPS) is 11.0. The zero-order valence-electron chi connectivity index (χ0n) is 18.8. The van der Waals surface area contributed by atoms with Crippen molar-refractivity contribution in [1.82, 2.24) is 9.55 Å². The molecule has 0 saturated heterocycles. The summed E-state index contributed by atoms with van der Waals surface area (Å²) in [5.74, 6) is 3.12. The van der Waals surface area contributed by atoms with Crippen LogP contribution in [-0.2, 0) is 6.54 Å². The second-order valence-corrected chi connectivity index (χ2v) is 8.10. The van der Waals surface area contributed by atoms with Gasteiger partial charge in [0.2, 0.25) is 0 Å². The molecule has 32 heavy (non-hydrogen) atoms. The number of aromatic nitrogens is 2. The third-order valence-corrected chi connectivity index (χ3v) is 6.10. The molecule has 166 valence electrons. The van der Waals surface area contributed by atoms with Gasteiger partial charge in [-0.1, -0.05) is 23.7 Å². The van der Waals surface area contributed by atoms with E-state index in [-0.39, 0.29) is 0 Å². The van der Waals surface area contributed by atoms with Crippen LogP contribution >= 0.6 is 11.6 Å². The number of halogens is 1. The molecule has 0 amide bonds. The number of para-hydroxylation sites is 2. The summed E-state index contributed by atoms with van der Waals surface area (Å²) in [7, 11) is 3.28. The first kappa shape index (κ1) is 22.0. The lowest BCUT2D eigenvalue weighted by molar-refractivity contribution is 0.302. The standard InChI is InChI=1S/C26H27ClN2O3/c1-17-14-20(15-18(2)25(17)27)32-13-7-12-29-22-9-6-5-8-21(22)28-26(29)19-10-11-23(30-3)24(16-19)31-4/h5-6,8-11,14-16H,7,12-13H2,1-4H3. The molecule has 6 heteroatoms. The Labute approximate surface area is 193 Å². The number of fused-ring (bicyclic) bond motifs is 1. The molecule has 0 spiro atoms. The van der Waals surface area contributed by atoms with Gasteiger partial charge < -0.3 is 18.8 Å². The lowest BCUT2D eigenvalue weighted by atomic mass is 10.1. The van der Waals surface area contributed by atoms with Crippen LogP contribution in [-0.4, -0.2) is 30.4 Å². The van der Waals surface area contributed by atoms with Crippen LogP contribution in [0.5, 0.6) is 17.2 Å². The molecule has 4 aromatic rings. The summed E-state index contributed by atoms with van der Waals surface area (Å²) in [6.45, 7) is 5.36. The SMILES string of the molecule is COc1ccc(-c2nc3ccccc3n2CCCOc2cc(C)c(Cl)c(C)c2)cc1OC. The molecule has 0 atom stereocenters. The van der Waals surface area contributed by atoms with Crippen molar-refractivity contribution in [1.29, 1.82) is 0 Å². The van der Waals surface area contributed by atoms with Gasteiger partial charge in [0.05, 0.1) is 31.9 Å². The monoisotopic (exact) mass is 450 g/mol. The van der Waals surface area contributed by atoms with E-state index in [4.69, 9.17) is 30.8 Å². The van der Waals surface area contributed by atoms with E-state index in [0.717, 1.165) is 57.3 Å². The summed E-state index contributed by atoms with van der Waals surface area (Å²) in [6.07, 6.45) is 0.835. The number of rotatable bonds is 8. The molecule has 5 nitrogen and oxygen atoms in total. The Hall–Kier alpha value is -3.18. The number of methoxy groups -OCH3 is 2. The first-order chi connectivity index (χ1) is 15.5. The Balaban J connectivity index is 1.57. The maximum atomic E-state index is 6.27. The number of hydrogen-bond donors (Lipinski definition) is 0. The van der Waals surface area contributed by atoms with Crippen molar-refractivity contribution in [3.05, 3.63) is 70.7 Å². The minimum atomic E-state index is 0.596. The van der Waals surface area contributed by atoms with Crippen LogP contribution in [0.4, 0.5) is 0 Å². The molecule has 4 rings (SSSR count). The molecule has 1 heterocycles. The van der Waals surface area contributed by atoms with Gasteiger partial charge in [0.1, 0.15) is 11.6 Å². The lowest BCUT2D eigenvalue weighted by Crippen LogP contribution is -2.06. The van der Waals surface area contributed by atoms with Gasteiger partial charge in [-0.3, -0.25) is 0 Å². The number of aryl methyl sites for hydroxylation is 3. The second kappa shape index (κ2) is 9.53. The second-order valence-electron chi connectivity index (χ2n) is 7.72. The summed E-state index contributed by atoms with van der Waals surface area (Å²) < 4.78 is 19.1. The first-order valence-electron chi connectivity index (χ1n) is 10.6. The summed E-state index contributed by atoms with van der Waals surface area (Å²) in [5, 5.41) is 0.793. The Kier molecular flexibility index (Phi) is 6.56. The molecular formula is C26H27ClN2O3. The summed E-state index contributed by atoms with van der Waals surface area (Å²) in [5.41, 5.74) is 5.08. The topological polar surface area (TPSA) is 45.5 Å². The molecule has 0 N–H and O–H groups in total. The zero-order valence-corrected chi connectivity index (χ0v) is 19.6. The first-order valence-corrected chi connectivity index (χ1v) is 11.0. The van der Waals surface area contributed by atoms with Crippen molar-refractivity contribution in [3.63, 3.8) is 0 Å². The number of benzene rings is 3. The predicted molar refractivity (Wildman–Crippen MR) is 129 cm³/mol. The smallest absolute Gasteiger partial charge is 0.161 e. The van der Waals surface area contributed by atoms with Crippen LogP contribution in [0.3, 0.4) is 0 Å². The van der Waals surface area contributed by atoms with Gasteiger partial charge in [0.25, 0.3) is 0 Å². The molecule has 0 bridgehead atoms. The van der Waals surface area contributed by atoms with Crippen LogP contribution in [0, 0.1) is 13.8 Å². The molecule has 0 radical (unpaired) electrons. The fourth-order valence-electron chi connectivity index (χ4n) is 3.90. The van der Waals surface area contributed by atoms with Crippen molar-refractivity contribution in [2.24, 2.45) is 0 Å². The molecule has 0 aliphatic heterocycles. The average Bonchev–Trinajstić information content (AvgIpc) is 3.18. The molecule has 0 aliphatic rings. The molecule has 0 saturated carbocycles. The highest BCUT2D eigenvalue weighted by Gasteiger charge is 2.15. The fourth-order valence-corrected chi connectivity index (χ4v) is 4.01. The third kappa shape index (κ3) is 4.39. The van der Waals surface area contributed by atoms with Crippen LogP contribution in [0.25, 0.3) is 22.4 Å². The highest BCUT2D eigenvalue weighted by atomic mass is 35.5. The van der Waals surface area contributed by atoms with Crippen LogP contribution in [0.15, 0.2) is 54.6 Å². The molecule has 1 aromatic heterocycles. The van der Waals surface area contributed by atoms with E-state index in [2.05, 4.69) is 10.6 Å².